The molecule has 3 aromatic rings. The third kappa shape index (κ3) is 3.26. The molecule has 2 heterocycles. The third-order valence-corrected chi connectivity index (χ3v) is 6.67. The number of fused-ring (bicyclic) bond motifs is 1. The Labute approximate surface area is 170 Å². The van der Waals surface area contributed by atoms with E-state index < -0.39 is 4.33 Å². The summed E-state index contributed by atoms with van der Waals surface area (Å²) in [6.07, 6.45) is 0.817. The minimum atomic E-state index is -0.593. The molecule has 5 nitrogen and oxygen atoms in total. The first-order valence-corrected chi connectivity index (χ1v) is 10.3. The minimum Gasteiger partial charge on any atom is -0.454 e. The second-order valence-corrected chi connectivity index (χ2v) is 9.05. The fraction of sp³-hybridized carbons (Fsp3) is 0.263. The van der Waals surface area contributed by atoms with Crippen LogP contribution in [0, 0.1) is 5.92 Å². The maximum absolute atomic E-state index is 6.17. The number of ether oxygens (including phenoxy) is 2. The summed E-state index contributed by atoms with van der Waals surface area (Å²) in [5.74, 6) is 3.30. The quantitative estimate of drug-likeness (QED) is 0.432. The van der Waals surface area contributed by atoms with Crippen LogP contribution in [0.5, 0.6) is 11.5 Å². The summed E-state index contributed by atoms with van der Waals surface area (Å²) in [6.45, 7) is 0.241. The molecule has 138 valence electrons. The van der Waals surface area contributed by atoms with Crippen LogP contribution in [0.4, 0.5) is 0 Å². The summed E-state index contributed by atoms with van der Waals surface area (Å²) in [4.78, 5) is 0. The molecule has 0 unspecified atom stereocenters. The molecule has 0 spiro atoms. The van der Waals surface area contributed by atoms with E-state index in [2.05, 4.69) is 14.8 Å². The van der Waals surface area contributed by atoms with Crippen LogP contribution < -0.4 is 9.47 Å². The van der Waals surface area contributed by atoms with Crippen LogP contribution in [0.25, 0.3) is 17.1 Å². The highest BCUT2D eigenvalue weighted by atomic mass is 35.5. The molecule has 1 atom stereocenters. The Kier molecular flexibility index (Phi) is 4.22. The van der Waals surface area contributed by atoms with E-state index in [9.17, 15) is 0 Å². The number of nitrogens with zero attached hydrogens (tertiary/aromatic N) is 3. The van der Waals surface area contributed by atoms with Crippen LogP contribution >= 0.6 is 35.0 Å². The van der Waals surface area contributed by atoms with Crippen molar-refractivity contribution >= 4 is 35.0 Å². The molecule has 1 fully saturated rings. The first-order valence-electron chi connectivity index (χ1n) is 8.53. The smallest absolute Gasteiger partial charge is 0.231 e. The topological polar surface area (TPSA) is 49.2 Å². The Morgan fingerprint density at radius 2 is 1.85 bits per heavy atom. The number of hydrogen-bond donors (Lipinski definition) is 0. The molecule has 27 heavy (non-hydrogen) atoms. The molecule has 2 aliphatic rings. The van der Waals surface area contributed by atoms with E-state index in [1.54, 1.807) is 11.8 Å². The normalized spacial score (nSPS) is 19.3. The second-order valence-electron chi connectivity index (χ2n) is 6.52. The summed E-state index contributed by atoms with van der Waals surface area (Å²) in [6, 6.07) is 15.9. The molecule has 0 amide bonds. The lowest BCUT2D eigenvalue weighted by atomic mass is 10.2. The predicted octanol–water partition coefficient (Wildman–Crippen LogP) is 4.95. The van der Waals surface area contributed by atoms with Crippen molar-refractivity contribution in [3.05, 3.63) is 48.5 Å². The lowest BCUT2D eigenvalue weighted by Crippen LogP contribution is -2.01. The standard InChI is InChI=1S/C19H15Cl2N3O2S/c20-19(21)9-13(19)10-27-18-23-22-17(24(18)14-4-2-1-3-5-14)12-6-7-15-16(8-12)26-11-25-15/h1-8,13H,9-11H2/t13-/m1/s1. The number of alkyl halides is 2. The molecule has 1 aliphatic carbocycles. The molecule has 0 bridgehead atoms. The van der Waals surface area contributed by atoms with Crippen LogP contribution in [0.3, 0.4) is 0 Å². The van der Waals surface area contributed by atoms with Crippen molar-refractivity contribution in [1.29, 1.82) is 0 Å². The molecule has 2 aromatic carbocycles. The van der Waals surface area contributed by atoms with E-state index in [0.29, 0.717) is 0 Å². The highest BCUT2D eigenvalue weighted by molar-refractivity contribution is 7.99. The third-order valence-electron chi connectivity index (χ3n) is 4.65. The zero-order valence-electron chi connectivity index (χ0n) is 14.1. The van der Waals surface area contributed by atoms with Crippen molar-refractivity contribution in [1.82, 2.24) is 14.8 Å². The van der Waals surface area contributed by atoms with Crippen LogP contribution in [0.15, 0.2) is 53.7 Å². The van der Waals surface area contributed by atoms with E-state index in [1.165, 1.54) is 0 Å². The molecule has 0 saturated heterocycles. The molecule has 0 radical (unpaired) electrons. The number of rotatable bonds is 5. The highest BCUT2D eigenvalue weighted by Crippen LogP contribution is 2.54. The maximum Gasteiger partial charge on any atom is 0.231 e. The van der Waals surface area contributed by atoms with Crippen molar-refractivity contribution in [3.8, 4) is 28.6 Å². The second kappa shape index (κ2) is 6.62. The van der Waals surface area contributed by atoms with Gasteiger partial charge in [-0.1, -0.05) is 30.0 Å². The van der Waals surface area contributed by atoms with Crippen LogP contribution in [0.2, 0.25) is 0 Å². The van der Waals surface area contributed by atoms with E-state index in [1.807, 2.05) is 48.5 Å². The van der Waals surface area contributed by atoms with Gasteiger partial charge in [-0.05, 0) is 36.8 Å². The van der Waals surface area contributed by atoms with Gasteiger partial charge in [-0.2, -0.15) is 0 Å². The van der Waals surface area contributed by atoms with Crippen molar-refractivity contribution in [2.75, 3.05) is 12.5 Å². The molecular weight excluding hydrogens is 405 g/mol. The van der Waals surface area contributed by atoms with Gasteiger partial charge in [-0.3, -0.25) is 4.57 Å². The van der Waals surface area contributed by atoms with Gasteiger partial charge in [0.25, 0.3) is 0 Å². The Balaban J connectivity index is 1.53. The summed E-state index contributed by atoms with van der Waals surface area (Å²) in [5, 5.41) is 9.69. The SMILES string of the molecule is ClC1(Cl)C[C@@H]1CSc1nnc(-c2ccc3c(c2)OCO3)n1-c1ccccc1. The zero-order valence-corrected chi connectivity index (χ0v) is 16.5. The van der Waals surface area contributed by atoms with Gasteiger partial charge in [-0.25, -0.2) is 0 Å². The molecule has 5 rings (SSSR count). The van der Waals surface area contributed by atoms with Gasteiger partial charge in [0.15, 0.2) is 22.5 Å². The number of hydrogen-bond acceptors (Lipinski definition) is 5. The van der Waals surface area contributed by atoms with Crippen molar-refractivity contribution in [2.24, 2.45) is 5.92 Å². The zero-order chi connectivity index (χ0) is 18.4. The molecule has 8 heteroatoms. The van der Waals surface area contributed by atoms with E-state index >= 15 is 0 Å². The summed E-state index contributed by atoms with van der Waals surface area (Å²) in [5.41, 5.74) is 1.91. The van der Waals surface area contributed by atoms with Gasteiger partial charge >= 0.3 is 0 Å². The summed E-state index contributed by atoms with van der Waals surface area (Å²) < 4.78 is 12.4. The maximum atomic E-state index is 6.17. The summed E-state index contributed by atoms with van der Waals surface area (Å²) >= 11 is 14.0. The van der Waals surface area contributed by atoms with E-state index in [4.69, 9.17) is 32.7 Å². The average Bonchev–Trinajstić information content (AvgIpc) is 3.07. The highest BCUT2D eigenvalue weighted by Gasteiger charge is 2.51. The first-order chi connectivity index (χ1) is 13.1. The summed E-state index contributed by atoms with van der Waals surface area (Å²) in [7, 11) is 0. The largest absolute Gasteiger partial charge is 0.454 e. The first kappa shape index (κ1) is 17.2. The van der Waals surface area contributed by atoms with Gasteiger partial charge in [0, 0.05) is 22.9 Å². The molecule has 1 aliphatic heterocycles. The minimum absolute atomic E-state index is 0.241. The van der Waals surface area contributed by atoms with Crippen molar-refractivity contribution in [3.63, 3.8) is 0 Å². The van der Waals surface area contributed by atoms with Crippen LogP contribution in [-0.4, -0.2) is 31.6 Å². The van der Waals surface area contributed by atoms with Crippen LogP contribution in [0.1, 0.15) is 6.42 Å². The van der Waals surface area contributed by atoms with E-state index in [-0.39, 0.29) is 12.7 Å². The Hall–Kier alpha value is -1.89. The monoisotopic (exact) mass is 419 g/mol. The fourth-order valence-corrected chi connectivity index (χ4v) is 4.90. The van der Waals surface area contributed by atoms with Crippen molar-refractivity contribution in [2.45, 2.75) is 15.9 Å². The molecule has 1 aromatic heterocycles. The van der Waals surface area contributed by atoms with Crippen molar-refractivity contribution < 1.29 is 9.47 Å². The van der Waals surface area contributed by atoms with Gasteiger partial charge in [0.05, 0.1) is 0 Å². The van der Waals surface area contributed by atoms with Gasteiger partial charge < -0.3 is 9.47 Å². The lowest BCUT2D eigenvalue weighted by Gasteiger charge is -2.10. The fourth-order valence-electron chi connectivity index (χ4n) is 3.02. The number of halogens is 2. The number of aromatic nitrogens is 3. The Bertz CT molecular complexity index is 994. The molecular formula is C19H15Cl2N3O2S. The molecule has 0 N–H and O–H groups in total. The Morgan fingerprint density at radius 3 is 2.63 bits per heavy atom. The number of thioether (sulfide) groups is 1. The van der Waals surface area contributed by atoms with Gasteiger partial charge in [0.1, 0.15) is 4.33 Å². The van der Waals surface area contributed by atoms with Crippen LogP contribution in [-0.2, 0) is 0 Å². The molecule has 1 saturated carbocycles. The predicted molar refractivity (Wildman–Crippen MR) is 106 cm³/mol. The lowest BCUT2D eigenvalue weighted by molar-refractivity contribution is 0.174. The van der Waals surface area contributed by atoms with E-state index in [0.717, 1.165) is 45.9 Å². The number of benzene rings is 2. The number of para-hydroxylation sites is 1. The Morgan fingerprint density at radius 1 is 1.07 bits per heavy atom. The average molecular weight is 420 g/mol. The van der Waals surface area contributed by atoms with Gasteiger partial charge in [0.2, 0.25) is 6.79 Å². The van der Waals surface area contributed by atoms with Gasteiger partial charge in [-0.15, -0.1) is 33.4 Å².